The Labute approximate surface area is 98.9 Å². The lowest BCUT2D eigenvalue weighted by Crippen LogP contribution is -2.19. The Balaban J connectivity index is 0.00000225. The Kier molecular flexibility index (Phi) is 6.06. The Morgan fingerprint density at radius 2 is 1.81 bits per heavy atom. The van der Waals surface area contributed by atoms with Crippen LogP contribution in [0, 0.1) is 0 Å². The van der Waals surface area contributed by atoms with Crippen LogP contribution in [0.2, 0.25) is 0 Å². The predicted octanol–water partition coefficient (Wildman–Crippen LogP) is 2.39. The second-order valence-corrected chi connectivity index (χ2v) is 2.94. The molecule has 0 aliphatic heterocycles. The molecule has 0 bridgehead atoms. The van der Waals surface area contributed by atoms with Gasteiger partial charge in [-0.15, -0.1) is 12.4 Å². The van der Waals surface area contributed by atoms with E-state index >= 15 is 0 Å². The second kappa shape index (κ2) is 6.50. The molecule has 3 nitrogen and oxygen atoms in total. The van der Waals surface area contributed by atoms with E-state index in [1.807, 2.05) is 0 Å². The van der Waals surface area contributed by atoms with Gasteiger partial charge in [0.2, 0.25) is 0 Å². The Bertz CT molecular complexity index is 337. The molecule has 0 aromatic heterocycles. The highest BCUT2D eigenvalue weighted by Crippen LogP contribution is 2.35. The van der Waals surface area contributed by atoms with E-state index in [1.54, 1.807) is 12.1 Å². The van der Waals surface area contributed by atoms with Gasteiger partial charge in [0.05, 0.1) is 20.3 Å². The van der Waals surface area contributed by atoms with Crippen molar-refractivity contribution in [2.24, 2.45) is 5.73 Å². The molecule has 92 valence electrons. The predicted molar refractivity (Wildman–Crippen MR) is 59.7 cm³/mol. The third-order valence-electron chi connectivity index (χ3n) is 2.06. The first-order valence-electron chi connectivity index (χ1n) is 4.36. The molecule has 2 N–H and O–H groups in total. The molecule has 0 saturated heterocycles. The van der Waals surface area contributed by atoms with Gasteiger partial charge in [0, 0.05) is 5.56 Å². The number of hydrogen-bond acceptors (Lipinski definition) is 3. The van der Waals surface area contributed by atoms with E-state index in [9.17, 15) is 8.78 Å². The topological polar surface area (TPSA) is 44.5 Å². The van der Waals surface area contributed by atoms with E-state index in [1.165, 1.54) is 20.3 Å². The highest BCUT2D eigenvalue weighted by Gasteiger charge is 2.23. The highest BCUT2D eigenvalue weighted by molar-refractivity contribution is 5.85. The Morgan fingerprint density at radius 3 is 2.25 bits per heavy atom. The molecule has 6 heteroatoms. The van der Waals surface area contributed by atoms with Gasteiger partial charge in [0.1, 0.15) is 0 Å². The zero-order valence-electron chi connectivity index (χ0n) is 8.94. The van der Waals surface area contributed by atoms with Crippen molar-refractivity contribution < 1.29 is 18.3 Å². The fourth-order valence-corrected chi connectivity index (χ4v) is 1.31. The molecule has 16 heavy (non-hydrogen) atoms. The van der Waals surface area contributed by atoms with Crippen molar-refractivity contribution in [3.63, 3.8) is 0 Å². The summed E-state index contributed by atoms with van der Waals surface area (Å²) in [4.78, 5) is 0. The van der Waals surface area contributed by atoms with Crippen molar-refractivity contribution in [1.29, 1.82) is 0 Å². The lowest BCUT2D eigenvalue weighted by molar-refractivity contribution is 0.115. The summed E-state index contributed by atoms with van der Waals surface area (Å²) in [5.74, 6) is 0.652. The summed E-state index contributed by atoms with van der Waals surface area (Å²) in [6, 6.07) is 3.35. The normalized spacial score (nSPS) is 11.9. The number of alkyl halides is 2. The van der Waals surface area contributed by atoms with Crippen molar-refractivity contribution in [1.82, 2.24) is 0 Å². The average Bonchev–Trinajstić information content (AvgIpc) is 2.26. The summed E-state index contributed by atoms with van der Waals surface area (Å²) in [7, 11) is 2.83. The number of ether oxygens (including phenoxy) is 2. The van der Waals surface area contributed by atoms with Crippen molar-refractivity contribution in [3.05, 3.63) is 23.8 Å². The maximum Gasteiger partial charge on any atom is 0.257 e. The summed E-state index contributed by atoms with van der Waals surface area (Å²) in [5, 5.41) is 0. The molecule has 0 heterocycles. The van der Waals surface area contributed by atoms with Crippen molar-refractivity contribution >= 4 is 12.4 Å². The molecule has 0 saturated carbocycles. The largest absolute Gasteiger partial charge is 0.493 e. The van der Waals surface area contributed by atoms with Crippen LogP contribution < -0.4 is 15.2 Å². The lowest BCUT2D eigenvalue weighted by atomic mass is 10.1. The van der Waals surface area contributed by atoms with Gasteiger partial charge in [-0.1, -0.05) is 12.1 Å². The van der Waals surface area contributed by atoms with Crippen LogP contribution >= 0.6 is 12.4 Å². The monoisotopic (exact) mass is 253 g/mol. The molecule has 1 rings (SSSR count). The maximum absolute atomic E-state index is 12.4. The first-order chi connectivity index (χ1) is 7.11. The highest BCUT2D eigenvalue weighted by atomic mass is 35.5. The molecule has 1 atom stereocenters. The zero-order valence-corrected chi connectivity index (χ0v) is 9.76. The minimum absolute atomic E-state index is 0. The molecule has 1 aromatic carbocycles. The third-order valence-corrected chi connectivity index (χ3v) is 2.06. The first kappa shape index (κ1) is 14.9. The van der Waals surface area contributed by atoms with Crippen LogP contribution in [-0.4, -0.2) is 20.6 Å². The zero-order chi connectivity index (χ0) is 11.4. The lowest BCUT2D eigenvalue weighted by Gasteiger charge is -2.16. The second-order valence-electron chi connectivity index (χ2n) is 2.94. The third kappa shape index (κ3) is 2.96. The molecule has 0 spiro atoms. The molecule has 0 fully saturated rings. The van der Waals surface area contributed by atoms with Gasteiger partial charge in [0.15, 0.2) is 11.5 Å². The SMILES string of the molecule is COc1cccc([C@H](N)C(F)F)c1OC.Cl. The smallest absolute Gasteiger partial charge is 0.257 e. The number of halogens is 3. The van der Waals surface area contributed by atoms with Gasteiger partial charge >= 0.3 is 0 Å². The van der Waals surface area contributed by atoms with Gasteiger partial charge in [0.25, 0.3) is 6.43 Å². The fraction of sp³-hybridized carbons (Fsp3) is 0.400. The average molecular weight is 254 g/mol. The molecular weight excluding hydrogens is 240 g/mol. The number of nitrogens with two attached hydrogens (primary N) is 1. The fourth-order valence-electron chi connectivity index (χ4n) is 1.31. The maximum atomic E-state index is 12.4. The van der Waals surface area contributed by atoms with E-state index in [0.29, 0.717) is 5.75 Å². The van der Waals surface area contributed by atoms with Crippen molar-refractivity contribution in [2.75, 3.05) is 14.2 Å². The number of methoxy groups -OCH3 is 2. The minimum Gasteiger partial charge on any atom is -0.493 e. The van der Waals surface area contributed by atoms with Crippen LogP contribution in [-0.2, 0) is 0 Å². The number of hydrogen-bond donors (Lipinski definition) is 1. The van der Waals surface area contributed by atoms with Crippen molar-refractivity contribution in [3.8, 4) is 11.5 Å². The van der Waals surface area contributed by atoms with Crippen molar-refractivity contribution in [2.45, 2.75) is 12.5 Å². The summed E-state index contributed by atoms with van der Waals surface area (Å²) < 4.78 is 34.9. The van der Waals surface area contributed by atoms with E-state index < -0.39 is 12.5 Å². The number of para-hydroxylation sites is 1. The molecule has 0 unspecified atom stereocenters. The molecular formula is C10H14ClF2NO2. The standard InChI is InChI=1S/C10H13F2NO2.ClH/c1-14-7-5-3-4-6(9(7)15-2)8(13)10(11)12;/h3-5,8,10H,13H2,1-2H3;1H/t8-;/m0./s1. The Hall–Kier alpha value is -1.07. The summed E-state index contributed by atoms with van der Waals surface area (Å²) in [6.07, 6.45) is -2.63. The van der Waals surface area contributed by atoms with Crippen LogP contribution in [0.1, 0.15) is 11.6 Å². The quantitative estimate of drug-likeness (QED) is 0.896. The molecule has 0 aliphatic rings. The molecule has 0 aliphatic carbocycles. The van der Waals surface area contributed by atoms with Crippen LogP contribution in [0.25, 0.3) is 0 Å². The van der Waals surface area contributed by atoms with Crippen LogP contribution in [0.4, 0.5) is 8.78 Å². The van der Waals surface area contributed by atoms with Crippen LogP contribution in [0.3, 0.4) is 0 Å². The number of rotatable bonds is 4. The van der Waals surface area contributed by atoms with Gasteiger partial charge in [-0.25, -0.2) is 8.78 Å². The van der Waals surface area contributed by atoms with E-state index in [2.05, 4.69) is 0 Å². The van der Waals surface area contributed by atoms with E-state index in [-0.39, 0.29) is 23.7 Å². The summed E-state index contributed by atoms with van der Waals surface area (Å²) >= 11 is 0. The molecule has 0 amide bonds. The Morgan fingerprint density at radius 1 is 1.19 bits per heavy atom. The van der Waals surface area contributed by atoms with Gasteiger partial charge in [-0.3, -0.25) is 0 Å². The van der Waals surface area contributed by atoms with E-state index in [0.717, 1.165) is 0 Å². The molecule has 0 radical (unpaired) electrons. The summed E-state index contributed by atoms with van der Waals surface area (Å²) in [6.45, 7) is 0. The minimum atomic E-state index is -2.63. The van der Waals surface area contributed by atoms with Crippen LogP contribution in [0.5, 0.6) is 11.5 Å². The van der Waals surface area contributed by atoms with Gasteiger partial charge in [-0.2, -0.15) is 0 Å². The van der Waals surface area contributed by atoms with Crippen LogP contribution in [0.15, 0.2) is 18.2 Å². The number of benzene rings is 1. The van der Waals surface area contributed by atoms with E-state index in [4.69, 9.17) is 15.2 Å². The summed E-state index contributed by atoms with van der Waals surface area (Å²) in [5.41, 5.74) is 5.59. The first-order valence-corrected chi connectivity index (χ1v) is 4.36. The van der Waals surface area contributed by atoms with Gasteiger partial charge < -0.3 is 15.2 Å². The molecule has 1 aromatic rings. The van der Waals surface area contributed by atoms with Gasteiger partial charge in [-0.05, 0) is 6.07 Å².